The Hall–Kier alpha value is -2.32. The maximum atomic E-state index is 13.5. The Morgan fingerprint density at radius 1 is 1.25 bits per heavy atom. The Morgan fingerprint density at radius 3 is 2.71 bits per heavy atom. The molecule has 9 heteroatoms. The number of hydrogen-bond donors (Lipinski definition) is 1. The number of likely N-dealkylation sites (N-methyl/N-ethyl adjacent to an activating group) is 1. The van der Waals surface area contributed by atoms with Crippen molar-refractivity contribution in [1.82, 2.24) is 0 Å². The van der Waals surface area contributed by atoms with Crippen molar-refractivity contribution in [3.05, 3.63) is 47.2 Å². The third kappa shape index (κ3) is 3.02. The molecule has 1 N–H and O–H groups in total. The highest BCUT2D eigenvalue weighted by Gasteiger charge is 2.23. The molecule has 1 amide bonds. The molecule has 0 saturated carbocycles. The van der Waals surface area contributed by atoms with Gasteiger partial charge in [-0.1, -0.05) is 11.6 Å². The molecule has 3 rings (SSSR count). The number of nitrogens with zero attached hydrogens (tertiary/aromatic N) is 1. The van der Waals surface area contributed by atoms with E-state index in [2.05, 4.69) is 4.72 Å². The molecule has 0 bridgehead atoms. The largest absolute Gasteiger partial charge is 0.481 e. The highest BCUT2D eigenvalue weighted by Crippen LogP contribution is 2.34. The van der Waals surface area contributed by atoms with E-state index >= 15 is 0 Å². The summed E-state index contributed by atoms with van der Waals surface area (Å²) in [4.78, 5) is 12.7. The second-order valence-corrected chi connectivity index (χ2v) is 7.19. The number of carbonyl (C=O) groups excluding carboxylic acids is 1. The van der Waals surface area contributed by atoms with Crippen LogP contribution >= 0.6 is 11.6 Å². The zero-order valence-corrected chi connectivity index (χ0v) is 14.0. The van der Waals surface area contributed by atoms with Crippen LogP contribution in [0.4, 0.5) is 15.8 Å². The molecule has 24 heavy (non-hydrogen) atoms. The Kier molecular flexibility index (Phi) is 4.10. The van der Waals surface area contributed by atoms with E-state index < -0.39 is 15.8 Å². The van der Waals surface area contributed by atoms with Gasteiger partial charge in [0, 0.05) is 13.1 Å². The van der Waals surface area contributed by atoms with Crippen LogP contribution in [0.15, 0.2) is 41.3 Å². The molecule has 1 aliphatic rings. The standard InChI is InChI=1S/C15H12ClFN2O4S/c1-19-13-5-2-9(6-14(13)23-8-15(19)20)18-24(21,22)10-3-4-11(16)12(17)7-10/h2-7,18H,8H2,1H3. The normalized spacial score (nSPS) is 14.1. The lowest BCUT2D eigenvalue weighted by Crippen LogP contribution is -2.35. The van der Waals surface area contributed by atoms with E-state index in [1.165, 1.54) is 29.2 Å². The van der Waals surface area contributed by atoms with E-state index in [0.29, 0.717) is 11.4 Å². The number of rotatable bonds is 3. The number of benzene rings is 2. The van der Waals surface area contributed by atoms with Gasteiger partial charge in [0.1, 0.15) is 11.6 Å². The molecule has 2 aromatic carbocycles. The third-order valence-corrected chi connectivity index (χ3v) is 5.19. The van der Waals surface area contributed by atoms with Crippen molar-refractivity contribution in [3.63, 3.8) is 0 Å². The Labute approximate surface area is 142 Å². The predicted octanol–water partition coefficient (Wildman–Crippen LogP) is 2.64. The highest BCUT2D eigenvalue weighted by atomic mass is 35.5. The fourth-order valence-electron chi connectivity index (χ4n) is 2.20. The molecule has 0 saturated heterocycles. The molecule has 0 radical (unpaired) electrons. The summed E-state index contributed by atoms with van der Waals surface area (Å²) in [6.07, 6.45) is 0. The van der Waals surface area contributed by atoms with Gasteiger partial charge < -0.3 is 9.64 Å². The Balaban J connectivity index is 1.90. The first-order valence-electron chi connectivity index (χ1n) is 6.79. The molecule has 126 valence electrons. The van der Waals surface area contributed by atoms with Gasteiger partial charge in [-0.15, -0.1) is 0 Å². The van der Waals surface area contributed by atoms with Gasteiger partial charge >= 0.3 is 0 Å². The Morgan fingerprint density at radius 2 is 2.00 bits per heavy atom. The predicted molar refractivity (Wildman–Crippen MR) is 87.6 cm³/mol. The van der Waals surface area contributed by atoms with Gasteiger partial charge in [0.05, 0.1) is 21.3 Å². The molecule has 0 unspecified atom stereocenters. The van der Waals surface area contributed by atoms with Crippen molar-refractivity contribution < 1.29 is 22.3 Å². The summed E-state index contributed by atoms with van der Waals surface area (Å²) in [7, 11) is -2.39. The summed E-state index contributed by atoms with van der Waals surface area (Å²) in [5, 5.41) is -0.163. The number of anilines is 2. The second kappa shape index (κ2) is 5.95. The molecule has 1 heterocycles. The number of sulfonamides is 1. The number of carbonyl (C=O) groups is 1. The quantitative estimate of drug-likeness (QED) is 0.901. The van der Waals surface area contributed by atoms with Crippen LogP contribution in [0.2, 0.25) is 5.02 Å². The van der Waals surface area contributed by atoms with E-state index in [1.807, 2.05) is 0 Å². The minimum Gasteiger partial charge on any atom is -0.481 e. The summed E-state index contributed by atoms with van der Waals surface area (Å²) in [6, 6.07) is 7.72. The highest BCUT2D eigenvalue weighted by molar-refractivity contribution is 7.92. The molecular weight excluding hydrogens is 359 g/mol. The maximum absolute atomic E-state index is 13.5. The lowest BCUT2D eigenvalue weighted by molar-refractivity contribution is -0.120. The minimum atomic E-state index is -3.99. The molecule has 0 aliphatic carbocycles. The van der Waals surface area contributed by atoms with Crippen molar-refractivity contribution in [2.24, 2.45) is 0 Å². The molecule has 0 atom stereocenters. The molecule has 1 aliphatic heterocycles. The molecule has 2 aromatic rings. The van der Waals surface area contributed by atoms with Crippen LogP contribution in [-0.4, -0.2) is 28.0 Å². The number of halogens is 2. The average molecular weight is 371 g/mol. The summed E-state index contributed by atoms with van der Waals surface area (Å²) in [5.41, 5.74) is 0.763. The van der Waals surface area contributed by atoms with Gasteiger partial charge in [-0.05, 0) is 30.3 Å². The van der Waals surface area contributed by atoms with Gasteiger partial charge in [-0.2, -0.15) is 0 Å². The van der Waals surface area contributed by atoms with Crippen LogP contribution in [0.5, 0.6) is 5.75 Å². The molecule has 6 nitrogen and oxygen atoms in total. The molecule has 0 fully saturated rings. The van der Waals surface area contributed by atoms with Gasteiger partial charge in [0.2, 0.25) is 0 Å². The van der Waals surface area contributed by atoms with Crippen LogP contribution < -0.4 is 14.4 Å². The number of nitrogens with one attached hydrogen (secondary N) is 1. The first kappa shape index (κ1) is 16.5. The Bertz CT molecular complexity index is 933. The topological polar surface area (TPSA) is 75.7 Å². The lowest BCUT2D eigenvalue weighted by atomic mass is 10.2. The summed E-state index contributed by atoms with van der Waals surface area (Å²) >= 11 is 5.56. The van der Waals surface area contributed by atoms with Crippen molar-refractivity contribution in [2.45, 2.75) is 4.90 Å². The number of amides is 1. The minimum absolute atomic E-state index is 0.123. The zero-order chi connectivity index (χ0) is 17.5. The van der Waals surface area contributed by atoms with Gasteiger partial charge in [-0.3, -0.25) is 9.52 Å². The van der Waals surface area contributed by atoms with Crippen molar-refractivity contribution in [1.29, 1.82) is 0 Å². The zero-order valence-electron chi connectivity index (χ0n) is 12.4. The van der Waals surface area contributed by atoms with Crippen LogP contribution in [-0.2, 0) is 14.8 Å². The molecule has 0 spiro atoms. The van der Waals surface area contributed by atoms with Crippen LogP contribution in [0, 0.1) is 5.82 Å². The van der Waals surface area contributed by atoms with E-state index in [1.54, 1.807) is 13.1 Å². The number of hydrogen-bond acceptors (Lipinski definition) is 4. The van der Waals surface area contributed by atoms with Gasteiger partial charge in [-0.25, -0.2) is 12.8 Å². The van der Waals surface area contributed by atoms with Gasteiger partial charge in [0.25, 0.3) is 15.9 Å². The lowest BCUT2D eigenvalue weighted by Gasteiger charge is -2.26. The number of fused-ring (bicyclic) bond motifs is 1. The smallest absolute Gasteiger partial charge is 0.264 e. The average Bonchev–Trinajstić information content (AvgIpc) is 2.53. The van der Waals surface area contributed by atoms with Crippen molar-refractivity contribution in [2.75, 3.05) is 23.3 Å². The monoisotopic (exact) mass is 370 g/mol. The van der Waals surface area contributed by atoms with E-state index in [0.717, 1.165) is 6.07 Å². The SMILES string of the molecule is CN1C(=O)COc2cc(NS(=O)(=O)c3ccc(Cl)c(F)c3)ccc21. The van der Waals surface area contributed by atoms with Crippen LogP contribution in [0.25, 0.3) is 0 Å². The maximum Gasteiger partial charge on any atom is 0.264 e. The first-order valence-corrected chi connectivity index (χ1v) is 8.65. The van der Waals surface area contributed by atoms with Crippen LogP contribution in [0.1, 0.15) is 0 Å². The second-order valence-electron chi connectivity index (χ2n) is 5.11. The van der Waals surface area contributed by atoms with Gasteiger partial charge in [0.15, 0.2) is 6.61 Å². The summed E-state index contributed by atoms with van der Waals surface area (Å²) < 4.78 is 45.8. The third-order valence-electron chi connectivity index (χ3n) is 3.50. The van der Waals surface area contributed by atoms with Crippen molar-refractivity contribution in [3.8, 4) is 5.75 Å². The fraction of sp³-hybridized carbons (Fsp3) is 0.133. The first-order chi connectivity index (χ1) is 11.3. The summed E-state index contributed by atoms with van der Waals surface area (Å²) in [5.74, 6) is -0.652. The van der Waals surface area contributed by atoms with Crippen LogP contribution in [0.3, 0.4) is 0 Å². The van der Waals surface area contributed by atoms with Crippen molar-refractivity contribution >= 4 is 38.9 Å². The molecule has 0 aromatic heterocycles. The van der Waals surface area contributed by atoms with E-state index in [-0.39, 0.29) is 28.1 Å². The van der Waals surface area contributed by atoms with E-state index in [9.17, 15) is 17.6 Å². The molecular formula is C15H12ClFN2O4S. The fourth-order valence-corrected chi connectivity index (χ4v) is 3.38. The van der Waals surface area contributed by atoms with E-state index in [4.69, 9.17) is 16.3 Å². The summed E-state index contributed by atoms with van der Waals surface area (Å²) in [6.45, 7) is -0.123. The number of ether oxygens (including phenoxy) is 1.